The SMILES string of the molecule is N=Cc1cc(C=O)cc(SCc2ccccc2)c1N.[HH]. The van der Waals surface area contributed by atoms with Crippen LogP contribution in [0.25, 0.3) is 0 Å². The zero-order valence-corrected chi connectivity index (χ0v) is 11.1. The number of rotatable bonds is 5. The van der Waals surface area contributed by atoms with E-state index in [1.165, 1.54) is 11.8 Å². The largest absolute Gasteiger partial charge is 0.397 e. The molecule has 3 nitrogen and oxygen atoms in total. The van der Waals surface area contributed by atoms with E-state index in [1.54, 1.807) is 23.9 Å². The first-order valence-electron chi connectivity index (χ1n) is 5.80. The van der Waals surface area contributed by atoms with Crippen molar-refractivity contribution < 1.29 is 6.22 Å². The molecular weight excluding hydrogens is 256 g/mol. The summed E-state index contributed by atoms with van der Waals surface area (Å²) in [5, 5.41) is 7.32. The van der Waals surface area contributed by atoms with Crippen molar-refractivity contribution in [3.8, 4) is 0 Å². The highest BCUT2D eigenvalue weighted by Crippen LogP contribution is 2.31. The van der Waals surface area contributed by atoms with Crippen molar-refractivity contribution in [2.24, 2.45) is 0 Å². The number of thioether (sulfide) groups is 1. The van der Waals surface area contributed by atoms with E-state index < -0.39 is 0 Å². The van der Waals surface area contributed by atoms with Crippen LogP contribution in [-0.4, -0.2) is 12.5 Å². The number of hydrogen-bond donors (Lipinski definition) is 2. The van der Waals surface area contributed by atoms with E-state index >= 15 is 0 Å². The van der Waals surface area contributed by atoms with Gasteiger partial charge < -0.3 is 11.1 Å². The van der Waals surface area contributed by atoms with Crippen LogP contribution in [0.15, 0.2) is 47.4 Å². The Kier molecular flexibility index (Phi) is 4.36. The van der Waals surface area contributed by atoms with Gasteiger partial charge in [0.05, 0.1) is 5.69 Å². The summed E-state index contributed by atoms with van der Waals surface area (Å²) >= 11 is 1.57. The Morgan fingerprint density at radius 1 is 1.26 bits per heavy atom. The maximum Gasteiger partial charge on any atom is 0.150 e. The Morgan fingerprint density at radius 2 is 2.00 bits per heavy atom. The van der Waals surface area contributed by atoms with Crippen LogP contribution in [0.4, 0.5) is 5.69 Å². The zero-order chi connectivity index (χ0) is 13.7. The maximum absolute atomic E-state index is 10.9. The first-order valence-corrected chi connectivity index (χ1v) is 6.79. The van der Waals surface area contributed by atoms with Gasteiger partial charge in [0.25, 0.3) is 0 Å². The number of hydrogen-bond acceptors (Lipinski definition) is 4. The number of aldehydes is 1. The molecule has 0 spiro atoms. The quantitative estimate of drug-likeness (QED) is 0.378. The number of nitrogens with one attached hydrogen (secondary N) is 1. The molecule has 0 aliphatic rings. The van der Waals surface area contributed by atoms with Crippen LogP contribution in [0.5, 0.6) is 0 Å². The zero-order valence-electron chi connectivity index (χ0n) is 10.3. The molecule has 0 amide bonds. The molecule has 0 unspecified atom stereocenters. The summed E-state index contributed by atoms with van der Waals surface area (Å²) in [6, 6.07) is 13.4. The second-order valence-electron chi connectivity index (χ2n) is 4.06. The molecule has 98 valence electrons. The molecule has 0 aromatic heterocycles. The average molecular weight is 272 g/mol. The van der Waals surface area contributed by atoms with Gasteiger partial charge in [-0.3, -0.25) is 4.79 Å². The molecule has 0 bridgehead atoms. The fraction of sp³-hybridized carbons (Fsp3) is 0.0667. The van der Waals surface area contributed by atoms with Gasteiger partial charge in [0.2, 0.25) is 0 Å². The number of carbonyl (C=O) groups excluding carboxylic acids is 1. The molecule has 0 radical (unpaired) electrons. The van der Waals surface area contributed by atoms with Gasteiger partial charge in [-0.05, 0) is 17.7 Å². The highest BCUT2D eigenvalue weighted by Gasteiger charge is 2.07. The third-order valence-corrected chi connectivity index (χ3v) is 3.85. The molecule has 0 atom stereocenters. The van der Waals surface area contributed by atoms with Gasteiger partial charge in [0.15, 0.2) is 0 Å². The van der Waals surface area contributed by atoms with E-state index in [9.17, 15) is 4.79 Å². The van der Waals surface area contributed by atoms with Crippen LogP contribution < -0.4 is 5.73 Å². The van der Waals surface area contributed by atoms with Crippen LogP contribution >= 0.6 is 11.8 Å². The lowest BCUT2D eigenvalue weighted by atomic mass is 10.1. The lowest BCUT2D eigenvalue weighted by Crippen LogP contribution is -1.98. The summed E-state index contributed by atoms with van der Waals surface area (Å²) < 4.78 is 0. The summed E-state index contributed by atoms with van der Waals surface area (Å²) in [6.45, 7) is 0. The fourth-order valence-electron chi connectivity index (χ4n) is 1.71. The summed E-state index contributed by atoms with van der Waals surface area (Å²) in [4.78, 5) is 11.7. The normalized spacial score (nSPS) is 10.1. The molecule has 0 heterocycles. The minimum absolute atomic E-state index is 0. The molecule has 2 rings (SSSR count). The Morgan fingerprint density at radius 3 is 2.63 bits per heavy atom. The van der Waals surface area contributed by atoms with Gasteiger partial charge in [-0.1, -0.05) is 30.3 Å². The number of nitrogen functional groups attached to an aromatic ring is 1. The van der Waals surface area contributed by atoms with Crippen LogP contribution in [0.1, 0.15) is 22.9 Å². The molecule has 4 heteroatoms. The topological polar surface area (TPSA) is 66.9 Å². The first-order chi connectivity index (χ1) is 9.24. The van der Waals surface area contributed by atoms with Crippen molar-refractivity contribution in [1.29, 1.82) is 5.41 Å². The minimum atomic E-state index is 0. The van der Waals surface area contributed by atoms with Gasteiger partial charge in [-0.15, -0.1) is 11.8 Å². The third kappa shape index (κ3) is 3.23. The molecule has 3 N–H and O–H groups in total. The molecule has 0 saturated carbocycles. The van der Waals surface area contributed by atoms with Crippen LogP contribution in [0, 0.1) is 5.41 Å². The van der Waals surface area contributed by atoms with Gasteiger partial charge in [-0.25, -0.2) is 0 Å². The van der Waals surface area contributed by atoms with Gasteiger partial charge in [0.1, 0.15) is 6.29 Å². The Balaban J connectivity index is 0.00000200. The van der Waals surface area contributed by atoms with Crippen molar-refractivity contribution in [2.75, 3.05) is 5.73 Å². The standard InChI is InChI=1S/C15H14N2OS.H2/c16-8-13-6-12(9-18)7-14(15(13)17)19-10-11-4-2-1-3-5-11;/h1-9,16H,10,17H2;1H. The van der Waals surface area contributed by atoms with Gasteiger partial charge in [-0.2, -0.15) is 0 Å². The monoisotopic (exact) mass is 272 g/mol. The second-order valence-corrected chi connectivity index (χ2v) is 5.08. The van der Waals surface area contributed by atoms with Crippen LogP contribution in [0.3, 0.4) is 0 Å². The molecule has 0 aliphatic heterocycles. The highest BCUT2D eigenvalue weighted by molar-refractivity contribution is 7.98. The molecule has 0 saturated heterocycles. The van der Waals surface area contributed by atoms with E-state index in [2.05, 4.69) is 0 Å². The summed E-state index contributed by atoms with van der Waals surface area (Å²) in [6.07, 6.45) is 1.95. The van der Waals surface area contributed by atoms with E-state index in [4.69, 9.17) is 11.1 Å². The van der Waals surface area contributed by atoms with E-state index in [0.29, 0.717) is 16.8 Å². The number of nitrogens with two attached hydrogens (primary N) is 1. The van der Waals surface area contributed by atoms with Crippen LogP contribution in [0.2, 0.25) is 0 Å². The maximum atomic E-state index is 10.9. The minimum Gasteiger partial charge on any atom is -0.397 e. The summed E-state index contributed by atoms with van der Waals surface area (Å²) in [7, 11) is 0. The molecule has 2 aromatic carbocycles. The lowest BCUT2D eigenvalue weighted by Gasteiger charge is -2.09. The first kappa shape index (κ1) is 13.4. The smallest absolute Gasteiger partial charge is 0.150 e. The second kappa shape index (κ2) is 6.20. The van der Waals surface area contributed by atoms with Gasteiger partial charge >= 0.3 is 0 Å². The average Bonchev–Trinajstić information content (AvgIpc) is 2.47. The van der Waals surface area contributed by atoms with Crippen molar-refractivity contribution in [1.82, 2.24) is 0 Å². The number of benzene rings is 2. The molecular formula is C15H16N2OS. The van der Waals surface area contributed by atoms with Crippen LogP contribution in [-0.2, 0) is 5.75 Å². The third-order valence-electron chi connectivity index (χ3n) is 2.73. The fourth-order valence-corrected chi connectivity index (χ4v) is 2.72. The number of carbonyl (C=O) groups is 1. The van der Waals surface area contributed by atoms with E-state index in [1.807, 2.05) is 30.3 Å². The predicted octanol–water partition coefficient (Wildman–Crippen LogP) is 3.62. The van der Waals surface area contributed by atoms with Crippen molar-refractivity contribution in [3.05, 3.63) is 59.2 Å². The molecule has 0 fully saturated rings. The van der Waals surface area contributed by atoms with Crippen molar-refractivity contribution >= 4 is 30.0 Å². The van der Waals surface area contributed by atoms with E-state index in [0.717, 1.165) is 16.9 Å². The summed E-state index contributed by atoms with van der Waals surface area (Å²) in [5.41, 5.74) is 8.87. The van der Waals surface area contributed by atoms with E-state index in [-0.39, 0.29) is 1.43 Å². The Labute approximate surface area is 117 Å². The Hall–Kier alpha value is -2.07. The molecule has 19 heavy (non-hydrogen) atoms. The number of anilines is 1. The predicted molar refractivity (Wildman–Crippen MR) is 82.2 cm³/mol. The molecule has 0 aliphatic carbocycles. The van der Waals surface area contributed by atoms with Crippen molar-refractivity contribution in [3.63, 3.8) is 0 Å². The van der Waals surface area contributed by atoms with Crippen molar-refractivity contribution in [2.45, 2.75) is 10.6 Å². The molecule has 2 aromatic rings. The van der Waals surface area contributed by atoms with Gasteiger partial charge in [0, 0.05) is 29.4 Å². The lowest BCUT2D eigenvalue weighted by molar-refractivity contribution is 0.112. The highest BCUT2D eigenvalue weighted by atomic mass is 32.2. The Bertz CT molecular complexity index is 602. The summed E-state index contributed by atoms with van der Waals surface area (Å²) in [5.74, 6) is 0.783.